The van der Waals surface area contributed by atoms with Crippen molar-refractivity contribution < 1.29 is 13.5 Å². The van der Waals surface area contributed by atoms with Crippen LogP contribution in [-0.2, 0) is 10.2 Å². The van der Waals surface area contributed by atoms with Crippen LogP contribution in [0.1, 0.15) is 39.5 Å². The lowest BCUT2D eigenvalue weighted by atomic mass is 9.95. The van der Waals surface area contributed by atoms with Crippen LogP contribution in [0, 0.1) is 5.92 Å². The zero-order valence-electron chi connectivity index (χ0n) is 11.3. The Morgan fingerprint density at radius 1 is 1.06 bits per heavy atom. The predicted molar refractivity (Wildman–Crippen MR) is 70.3 cm³/mol. The highest BCUT2D eigenvalue weighted by molar-refractivity contribution is 7.86. The van der Waals surface area contributed by atoms with Crippen molar-refractivity contribution in [1.82, 2.24) is 8.61 Å². The summed E-state index contributed by atoms with van der Waals surface area (Å²) in [6, 6.07) is 0. The Kier molecular flexibility index (Phi) is 4.02. The summed E-state index contributed by atoms with van der Waals surface area (Å²) in [6.07, 6.45) is 2.95. The van der Waals surface area contributed by atoms with E-state index in [4.69, 9.17) is 0 Å². The first-order valence-electron chi connectivity index (χ1n) is 6.79. The summed E-state index contributed by atoms with van der Waals surface area (Å²) in [4.78, 5) is 0. The van der Waals surface area contributed by atoms with Crippen LogP contribution < -0.4 is 0 Å². The minimum Gasteiger partial charge on any atom is -0.390 e. The second-order valence-corrected chi connectivity index (χ2v) is 7.91. The predicted octanol–water partition coefficient (Wildman–Crippen LogP) is 0.810. The van der Waals surface area contributed by atoms with Crippen LogP contribution in [0.4, 0.5) is 0 Å². The van der Waals surface area contributed by atoms with Crippen molar-refractivity contribution in [3.05, 3.63) is 0 Å². The van der Waals surface area contributed by atoms with Gasteiger partial charge in [0.2, 0.25) is 0 Å². The summed E-state index contributed by atoms with van der Waals surface area (Å²) < 4.78 is 28.0. The van der Waals surface area contributed by atoms with Crippen molar-refractivity contribution >= 4 is 10.2 Å². The summed E-state index contributed by atoms with van der Waals surface area (Å²) in [5.41, 5.74) is -0.706. The minimum absolute atomic E-state index is 0.432. The normalized spacial score (nSPS) is 28.4. The van der Waals surface area contributed by atoms with Crippen molar-refractivity contribution in [3.8, 4) is 0 Å². The standard InChI is InChI=1S/C12H24N2O3S/c1-11-3-7-13(8-4-11)18(16,17)14-9-5-12(2,15)6-10-14/h11,15H,3-10H2,1-2H3. The molecule has 0 radical (unpaired) electrons. The summed E-state index contributed by atoms with van der Waals surface area (Å²) in [7, 11) is -3.30. The van der Waals surface area contributed by atoms with Gasteiger partial charge in [-0.3, -0.25) is 0 Å². The Morgan fingerprint density at radius 3 is 2.00 bits per heavy atom. The van der Waals surface area contributed by atoms with E-state index in [1.165, 1.54) is 4.31 Å². The zero-order chi connectivity index (χ0) is 13.4. The molecule has 0 aliphatic carbocycles. The molecule has 106 valence electrons. The molecule has 2 aliphatic heterocycles. The van der Waals surface area contributed by atoms with Crippen molar-refractivity contribution in [1.29, 1.82) is 0 Å². The van der Waals surface area contributed by atoms with E-state index in [-0.39, 0.29) is 0 Å². The number of rotatable bonds is 2. The molecule has 5 nitrogen and oxygen atoms in total. The van der Waals surface area contributed by atoms with Crippen LogP contribution in [0.3, 0.4) is 0 Å². The number of piperidine rings is 2. The summed E-state index contributed by atoms with van der Waals surface area (Å²) in [6.45, 7) is 6.08. The quantitative estimate of drug-likeness (QED) is 0.812. The molecule has 2 aliphatic rings. The number of hydrogen-bond acceptors (Lipinski definition) is 3. The van der Waals surface area contributed by atoms with E-state index in [0.717, 1.165) is 12.8 Å². The molecule has 0 spiro atoms. The lowest BCUT2D eigenvalue weighted by molar-refractivity contribution is 0.0113. The third-order valence-corrected chi connectivity index (χ3v) is 6.23. The van der Waals surface area contributed by atoms with Gasteiger partial charge in [-0.1, -0.05) is 6.92 Å². The lowest BCUT2D eigenvalue weighted by Gasteiger charge is -2.39. The van der Waals surface area contributed by atoms with Gasteiger partial charge in [0, 0.05) is 26.2 Å². The Bertz CT molecular complexity index is 376. The van der Waals surface area contributed by atoms with E-state index in [9.17, 15) is 13.5 Å². The lowest BCUT2D eigenvalue weighted by Crippen LogP contribution is -2.52. The fourth-order valence-electron chi connectivity index (χ4n) is 2.58. The second kappa shape index (κ2) is 5.07. The monoisotopic (exact) mass is 276 g/mol. The van der Waals surface area contributed by atoms with E-state index >= 15 is 0 Å². The van der Waals surface area contributed by atoms with Crippen LogP contribution >= 0.6 is 0 Å². The SMILES string of the molecule is CC1CCN(S(=O)(=O)N2CCC(C)(O)CC2)CC1. The summed E-state index contributed by atoms with van der Waals surface area (Å²) in [5, 5.41) is 9.87. The first-order chi connectivity index (χ1) is 8.31. The molecule has 0 aromatic rings. The molecule has 0 atom stereocenters. The van der Waals surface area contributed by atoms with Gasteiger partial charge < -0.3 is 5.11 Å². The number of aliphatic hydroxyl groups is 1. The van der Waals surface area contributed by atoms with E-state index in [1.807, 2.05) is 0 Å². The third-order valence-electron chi connectivity index (χ3n) is 4.19. The topological polar surface area (TPSA) is 60.9 Å². The molecule has 0 aromatic carbocycles. The van der Waals surface area contributed by atoms with E-state index in [0.29, 0.717) is 44.9 Å². The number of nitrogens with zero attached hydrogens (tertiary/aromatic N) is 2. The molecule has 2 fully saturated rings. The Labute approximate surface area is 110 Å². The van der Waals surface area contributed by atoms with Crippen molar-refractivity contribution in [2.45, 2.75) is 45.1 Å². The smallest absolute Gasteiger partial charge is 0.281 e. The maximum atomic E-state index is 12.4. The molecule has 2 rings (SSSR count). The molecule has 0 saturated carbocycles. The first kappa shape index (κ1) is 14.2. The number of hydrogen-bond donors (Lipinski definition) is 1. The van der Waals surface area contributed by atoms with Crippen LogP contribution in [0.25, 0.3) is 0 Å². The maximum absolute atomic E-state index is 12.4. The van der Waals surface area contributed by atoms with Crippen LogP contribution in [0.5, 0.6) is 0 Å². The van der Waals surface area contributed by atoms with E-state index < -0.39 is 15.8 Å². The van der Waals surface area contributed by atoms with Gasteiger partial charge in [-0.25, -0.2) is 0 Å². The maximum Gasteiger partial charge on any atom is 0.281 e. The van der Waals surface area contributed by atoms with Gasteiger partial charge in [0.05, 0.1) is 5.60 Å². The Hall–Kier alpha value is -0.170. The van der Waals surface area contributed by atoms with Crippen LogP contribution in [-0.4, -0.2) is 53.9 Å². The highest BCUT2D eigenvalue weighted by Crippen LogP contribution is 2.26. The van der Waals surface area contributed by atoms with E-state index in [1.54, 1.807) is 11.2 Å². The van der Waals surface area contributed by atoms with Gasteiger partial charge in [0.25, 0.3) is 10.2 Å². The average molecular weight is 276 g/mol. The molecule has 2 saturated heterocycles. The zero-order valence-corrected chi connectivity index (χ0v) is 12.1. The molecular weight excluding hydrogens is 252 g/mol. The molecular formula is C12H24N2O3S. The highest BCUT2D eigenvalue weighted by atomic mass is 32.2. The fourth-order valence-corrected chi connectivity index (χ4v) is 4.22. The third kappa shape index (κ3) is 3.04. The molecule has 0 unspecified atom stereocenters. The Morgan fingerprint density at radius 2 is 1.50 bits per heavy atom. The fraction of sp³-hybridized carbons (Fsp3) is 1.00. The second-order valence-electron chi connectivity index (χ2n) is 5.99. The average Bonchev–Trinajstić information content (AvgIpc) is 2.29. The molecule has 18 heavy (non-hydrogen) atoms. The van der Waals surface area contributed by atoms with Gasteiger partial charge in [0.1, 0.15) is 0 Å². The first-order valence-corrected chi connectivity index (χ1v) is 8.18. The molecule has 1 N–H and O–H groups in total. The van der Waals surface area contributed by atoms with Gasteiger partial charge >= 0.3 is 0 Å². The van der Waals surface area contributed by atoms with Gasteiger partial charge in [-0.15, -0.1) is 0 Å². The molecule has 0 amide bonds. The summed E-state index contributed by atoms with van der Waals surface area (Å²) >= 11 is 0. The Balaban J connectivity index is 1.99. The van der Waals surface area contributed by atoms with Crippen LogP contribution in [0.15, 0.2) is 0 Å². The van der Waals surface area contributed by atoms with Gasteiger partial charge in [-0.2, -0.15) is 17.0 Å². The van der Waals surface area contributed by atoms with Crippen molar-refractivity contribution in [3.63, 3.8) is 0 Å². The van der Waals surface area contributed by atoms with Crippen molar-refractivity contribution in [2.75, 3.05) is 26.2 Å². The highest BCUT2D eigenvalue weighted by Gasteiger charge is 2.37. The van der Waals surface area contributed by atoms with Gasteiger partial charge in [0.15, 0.2) is 0 Å². The van der Waals surface area contributed by atoms with Crippen molar-refractivity contribution in [2.24, 2.45) is 5.92 Å². The molecule has 0 aromatic heterocycles. The molecule has 0 bridgehead atoms. The van der Waals surface area contributed by atoms with E-state index in [2.05, 4.69) is 6.92 Å². The molecule has 2 heterocycles. The summed E-state index contributed by atoms with van der Waals surface area (Å²) in [5.74, 6) is 0.624. The molecule has 6 heteroatoms. The minimum atomic E-state index is -3.30. The van der Waals surface area contributed by atoms with Crippen LogP contribution in [0.2, 0.25) is 0 Å². The van der Waals surface area contributed by atoms with Gasteiger partial charge in [-0.05, 0) is 38.5 Å². The largest absolute Gasteiger partial charge is 0.390 e.